The molecule has 0 N–H and O–H groups in total. The Morgan fingerprint density at radius 3 is 2.54 bits per heavy atom. The van der Waals surface area contributed by atoms with Crippen LogP contribution < -0.4 is 4.74 Å². The zero-order chi connectivity index (χ0) is 17.0. The number of hydrogen-bond donors (Lipinski definition) is 0. The van der Waals surface area contributed by atoms with Crippen molar-refractivity contribution in [1.29, 1.82) is 0 Å². The van der Waals surface area contributed by atoms with E-state index in [0.717, 1.165) is 24.2 Å². The molecule has 24 heavy (non-hydrogen) atoms. The van der Waals surface area contributed by atoms with Crippen LogP contribution in [-0.4, -0.2) is 32.4 Å². The highest BCUT2D eigenvalue weighted by molar-refractivity contribution is 7.89. The Hall–Kier alpha value is -1.85. The Morgan fingerprint density at radius 1 is 1.08 bits per heavy atom. The van der Waals surface area contributed by atoms with Crippen molar-refractivity contribution >= 4 is 10.0 Å². The molecule has 2 aromatic rings. The molecule has 1 fully saturated rings. The molecule has 1 atom stereocenters. The number of rotatable bonds is 5. The summed E-state index contributed by atoms with van der Waals surface area (Å²) in [4.78, 5) is 0.366. The summed E-state index contributed by atoms with van der Waals surface area (Å²) in [5, 5.41) is 0. The smallest absolute Gasteiger partial charge is 0.243 e. The van der Waals surface area contributed by atoms with Crippen LogP contribution in [0.2, 0.25) is 0 Å². The van der Waals surface area contributed by atoms with Crippen molar-refractivity contribution in [2.24, 2.45) is 5.92 Å². The van der Waals surface area contributed by atoms with Gasteiger partial charge in [-0.25, -0.2) is 8.42 Å². The maximum Gasteiger partial charge on any atom is 0.243 e. The number of sulfonamides is 1. The molecule has 0 saturated carbocycles. The first kappa shape index (κ1) is 17.0. The van der Waals surface area contributed by atoms with Gasteiger partial charge in [-0.2, -0.15) is 4.31 Å². The molecule has 0 spiro atoms. The summed E-state index contributed by atoms with van der Waals surface area (Å²) in [5.41, 5.74) is 1.10. The summed E-state index contributed by atoms with van der Waals surface area (Å²) in [6, 6.07) is 16.6. The Morgan fingerprint density at radius 2 is 1.79 bits per heavy atom. The molecule has 3 rings (SSSR count). The summed E-state index contributed by atoms with van der Waals surface area (Å²) in [7, 11) is -3.41. The molecule has 0 radical (unpaired) electrons. The number of piperidine rings is 1. The summed E-state index contributed by atoms with van der Waals surface area (Å²) >= 11 is 0. The van der Waals surface area contributed by atoms with E-state index in [1.807, 2.05) is 37.3 Å². The van der Waals surface area contributed by atoms with Crippen LogP contribution >= 0.6 is 0 Å². The van der Waals surface area contributed by atoms with E-state index in [-0.39, 0.29) is 5.92 Å². The van der Waals surface area contributed by atoms with Crippen LogP contribution in [0.1, 0.15) is 18.4 Å². The second-order valence-electron chi connectivity index (χ2n) is 6.26. The van der Waals surface area contributed by atoms with Crippen molar-refractivity contribution in [1.82, 2.24) is 4.31 Å². The summed E-state index contributed by atoms with van der Waals surface area (Å²) < 4.78 is 33.0. The quantitative estimate of drug-likeness (QED) is 0.833. The molecule has 1 saturated heterocycles. The van der Waals surface area contributed by atoms with Gasteiger partial charge in [0.2, 0.25) is 10.0 Å². The van der Waals surface area contributed by atoms with Crippen LogP contribution in [-0.2, 0) is 10.0 Å². The lowest BCUT2D eigenvalue weighted by Gasteiger charge is -2.32. The molecule has 4 nitrogen and oxygen atoms in total. The number of nitrogens with zero attached hydrogens (tertiary/aromatic N) is 1. The van der Waals surface area contributed by atoms with E-state index in [4.69, 9.17) is 4.74 Å². The summed E-state index contributed by atoms with van der Waals surface area (Å²) in [6.07, 6.45) is 1.86. The average Bonchev–Trinajstić information content (AvgIpc) is 2.62. The van der Waals surface area contributed by atoms with Gasteiger partial charge in [-0.15, -0.1) is 0 Å². The third-order valence-corrected chi connectivity index (χ3v) is 6.31. The fourth-order valence-corrected chi connectivity index (χ4v) is 4.62. The highest BCUT2D eigenvalue weighted by Gasteiger charge is 2.30. The van der Waals surface area contributed by atoms with Gasteiger partial charge < -0.3 is 4.74 Å². The molecule has 0 aliphatic carbocycles. The zero-order valence-corrected chi connectivity index (χ0v) is 14.7. The van der Waals surface area contributed by atoms with E-state index < -0.39 is 10.0 Å². The van der Waals surface area contributed by atoms with Crippen LogP contribution in [0.3, 0.4) is 0 Å². The van der Waals surface area contributed by atoms with Gasteiger partial charge in [0.1, 0.15) is 5.75 Å². The van der Waals surface area contributed by atoms with Gasteiger partial charge in [0.15, 0.2) is 0 Å². The predicted octanol–water partition coefficient (Wildman–Crippen LogP) is 3.47. The van der Waals surface area contributed by atoms with Crippen LogP contribution in [0, 0.1) is 12.8 Å². The maximum absolute atomic E-state index is 12.7. The lowest BCUT2D eigenvalue weighted by molar-refractivity contribution is 0.179. The molecule has 1 aliphatic heterocycles. The molecule has 128 valence electrons. The highest BCUT2D eigenvalue weighted by atomic mass is 32.2. The van der Waals surface area contributed by atoms with Crippen molar-refractivity contribution in [2.45, 2.75) is 24.7 Å². The molecule has 0 amide bonds. The van der Waals surface area contributed by atoms with Crippen molar-refractivity contribution in [3.63, 3.8) is 0 Å². The molecule has 1 unspecified atom stereocenters. The highest BCUT2D eigenvalue weighted by Crippen LogP contribution is 2.25. The van der Waals surface area contributed by atoms with Crippen LogP contribution in [0.4, 0.5) is 0 Å². The minimum absolute atomic E-state index is 0.219. The minimum Gasteiger partial charge on any atom is -0.493 e. The maximum atomic E-state index is 12.7. The standard InChI is InChI=1S/C19H23NO3S/c1-16-8-5-6-12-19(16)23-15-17-9-7-13-20(14-17)24(21,22)18-10-3-2-4-11-18/h2-6,8,10-12,17H,7,9,13-15H2,1H3. The number of benzene rings is 2. The lowest BCUT2D eigenvalue weighted by Crippen LogP contribution is -2.41. The van der Waals surface area contributed by atoms with E-state index in [9.17, 15) is 8.42 Å². The normalized spacial score (nSPS) is 19.1. The van der Waals surface area contributed by atoms with Gasteiger partial charge in [-0.3, -0.25) is 0 Å². The molecule has 2 aromatic carbocycles. The number of aryl methyl sites for hydroxylation is 1. The van der Waals surface area contributed by atoms with E-state index in [1.165, 1.54) is 0 Å². The van der Waals surface area contributed by atoms with Gasteiger partial charge in [-0.1, -0.05) is 36.4 Å². The molecular formula is C19H23NO3S. The van der Waals surface area contributed by atoms with E-state index in [2.05, 4.69) is 0 Å². The van der Waals surface area contributed by atoms with Gasteiger partial charge in [-0.05, 0) is 43.5 Å². The van der Waals surface area contributed by atoms with Crippen molar-refractivity contribution in [3.05, 3.63) is 60.2 Å². The van der Waals surface area contributed by atoms with Crippen molar-refractivity contribution in [2.75, 3.05) is 19.7 Å². The Labute approximate surface area is 144 Å². The molecule has 1 heterocycles. The van der Waals surface area contributed by atoms with Gasteiger partial charge in [0, 0.05) is 19.0 Å². The van der Waals surface area contributed by atoms with Crippen LogP contribution in [0.5, 0.6) is 5.75 Å². The molecule has 0 bridgehead atoms. The molecule has 0 aromatic heterocycles. The zero-order valence-electron chi connectivity index (χ0n) is 13.9. The first-order chi connectivity index (χ1) is 11.6. The van der Waals surface area contributed by atoms with E-state index in [1.54, 1.807) is 28.6 Å². The molecule has 5 heteroatoms. The predicted molar refractivity (Wildman–Crippen MR) is 94.6 cm³/mol. The van der Waals surface area contributed by atoms with Gasteiger partial charge >= 0.3 is 0 Å². The van der Waals surface area contributed by atoms with E-state index >= 15 is 0 Å². The number of ether oxygens (including phenoxy) is 1. The number of hydrogen-bond acceptors (Lipinski definition) is 3. The second kappa shape index (κ2) is 7.36. The first-order valence-electron chi connectivity index (χ1n) is 8.31. The third-order valence-electron chi connectivity index (χ3n) is 4.43. The summed E-state index contributed by atoms with van der Waals surface area (Å²) in [6.45, 7) is 3.66. The fourth-order valence-electron chi connectivity index (χ4n) is 3.05. The van der Waals surface area contributed by atoms with Gasteiger partial charge in [0.05, 0.1) is 11.5 Å². The fraction of sp³-hybridized carbons (Fsp3) is 0.368. The van der Waals surface area contributed by atoms with E-state index in [0.29, 0.717) is 24.6 Å². The monoisotopic (exact) mass is 345 g/mol. The first-order valence-corrected chi connectivity index (χ1v) is 9.75. The molecule has 1 aliphatic rings. The van der Waals surface area contributed by atoms with Gasteiger partial charge in [0.25, 0.3) is 0 Å². The van der Waals surface area contributed by atoms with Crippen LogP contribution in [0.25, 0.3) is 0 Å². The minimum atomic E-state index is -3.41. The third kappa shape index (κ3) is 3.79. The van der Waals surface area contributed by atoms with Crippen molar-refractivity contribution in [3.8, 4) is 5.75 Å². The SMILES string of the molecule is Cc1ccccc1OCC1CCCN(S(=O)(=O)c2ccccc2)C1. The largest absolute Gasteiger partial charge is 0.493 e. The second-order valence-corrected chi connectivity index (χ2v) is 8.20. The topological polar surface area (TPSA) is 46.6 Å². The average molecular weight is 345 g/mol. The Kier molecular flexibility index (Phi) is 5.21. The van der Waals surface area contributed by atoms with Crippen molar-refractivity contribution < 1.29 is 13.2 Å². The van der Waals surface area contributed by atoms with Crippen LogP contribution in [0.15, 0.2) is 59.5 Å². The lowest BCUT2D eigenvalue weighted by atomic mass is 10.0. The Bertz CT molecular complexity index is 774. The molecular weight excluding hydrogens is 322 g/mol. The number of para-hydroxylation sites is 1. The summed E-state index contributed by atoms with van der Waals surface area (Å²) in [5.74, 6) is 1.09. The Balaban J connectivity index is 1.65.